The Morgan fingerprint density at radius 3 is 1.64 bits per heavy atom. The predicted molar refractivity (Wildman–Crippen MR) is 37.0 cm³/mol. The average Bonchev–Trinajstić information content (AvgIpc) is 1.84. The summed E-state index contributed by atoms with van der Waals surface area (Å²) < 4.78 is -2.69. The van der Waals surface area contributed by atoms with Gasteiger partial charge < -0.3 is 11.5 Å². The third kappa shape index (κ3) is 1.45. The standard InChI is InChI=1S/C3H4BrN3O4/c4-3(1(5)8,2(6)9)7(10)11/h(H2,5,8)(H2,6,9). The molecule has 0 aromatic rings. The fourth-order valence-electron chi connectivity index (χ4n) is 0.301. The van der Waals surface area contributed by atoms with Crippen LogP contribution in [0.3, 0.4) is 0 Å². The van der Waals surface area contributed by atoms with Gasteiger partial charge in [0.2, 0.25) is 0 Å². The number of nitro groups is 1. The summed E-state index contributed by atoms with van der Waals surface area (Å²) in [6.07, 6.45) is 0. The van der Waals surface area contributed by atoms with E-state index in [1.54, 1.807) is 0 Å². The van der Waals surface area contributed by atoms with Crippen molar-refractivity contribution in [2.45, 2.75) is 4.45 Å². The first-order chi connectivity index (χ1) is 4.83. The Bertz CT molecular complexity index is 191. The first-order valence-corrected chi connectivity index (χ1v) is 3.06. The van der Waals surface area contributed by atoms with E-state index in [4.69, 9.17) is 0 Å². The molecule has 0 heterocycles. The molecule has 0 saturated carbocycles. The molecule has 2 amide bonds. The Morgan fingerprint density at radius 1 is 1.36 bits per heavy atom. The van der Waals surface area contributed by atoms with Crippen LogP contribution >= 0.6 is 15.9 Å². The number of nitrogens with zero attached hydrogens (tertiary/aromatic N) is 1. The molecule has 0 bridgehead atoms. The molecule has 0 spiro atoms. The van der Waals surface area contributed by atoms with Crippen molar-refractivity contribution in [3.05, 3.63) is 10.1 Å². The van der Waals surface area contributed by atoms with Gasteiger partial charge in [0.1, 0.15) is 0 Å². The first kappa shape index (κ1) is 9.82. The van der Waals surface area contributed by atoms with E-state index >= 15 is 0 Å². The molecule has 0 saturated heterocycles. The molecule has 4 N–H and O–H groups in total. The van der Waals surface area contributed by atoms with Gasteiger partial charge in [-0.1, -0.05) is 0 Å². The van der Waals surface area contributed by atoms with Gasteiger partial charge >= 0.3 is 16.3 Å². The third-order valence-electron chi connectivity index (χ3n) is 0.905. The van der Waals surface area contributed by atoms with Crippen LogP contribution in [0, 0.1) is 10.1 Å². The molecule has 11 heavy (non-hydrogen) atoms. The first-order valence-electron chi connectivity index (χ1n) is 2.26. The fourth-order valence-corrected chi connectivity index (χ4v) is 0.301. The molecule has 0 aliphatic rings. The summed E-state index contributed by atoms with van der Waals surface area (Å²) in [5, 5.41) is 10.1. The lowest BCUT2D eigenvalue weighted by atomic mass is 10.3. The lowest BCUT2D eigenvalue weighted by molar-refractivity contribution is -0.504. The number of rotatable bonds is 3. The molecule has 0 radical (unpaired) electrons. The van der Waals surface area contributed by atoms with Crippen LogP contribution in [-0.2, 0) is 9.59 Å². The maximum atomic E-state index is 10.3. The maximum absolute atomic E-state index is 10.3. The molecule has 0 aromatic heterocycles. The van der Waals surface area contributed by atoms with Gasteiger partial charge in [-0.3, -0.25) is 19.7 Å². The Morgan fingerprint density at radius 2 is 1.64 bits per heavy atom. The summed E-state index contributed by atoms with van der Waals surface area (Å²) in [7, 11) is 0. The number of hydrogen-bond donors (Lipinski definition) is 2. The second-order valence-corrected chi connectivity index (χ2v) is 2.76. The van der Waals surface area contributed by atoms with Crippen LogP contribution in [0.5, 0.6) is 0 Å². The van der Waals surface area contributed by atoms with Crippen molar-refractivity contribution in [3.63, 3.8) is 0 Å². The summed E-state index contributed by atoms with van der Waals surface area (Å²) in [6, 6.07) is 0. The van der Waals surface area contributed by atoms with E-state index in [-0.39, 0.29) is 0 Å². The summed E-state index contributed by atoms with van der Waals surface area (Å²) in [6.45, 7) is 0. The molecule has 0 unspecified atom stereocenters. The molecule has 0 aliphatic carbocycles. The van der Waals surface area contributed by atoms with Crippen molar-refractivity contribution in [1.82, 2.24) is 0 Å². The van der Waals surface area contributed by atoms with Gasteiger partial charge in [0.15, 0.2) is 0 Å². The summed E-state index contributed by atoms with van der Waals surface area (Å²) in [4.78, 5) is 29.5. The summed E-state index contributed by atoms with van der Waals surface area (Å²) >= 11 is 2.23. The van der Waals surface area contributed by atoms with Crippen LogP contribution in [0.25, 0.3) is 0 Å². The molecule has 8 heteroatoms. The number of halogens is 1. The topological polar surface area (TPSA) is 129 Å². The van der Waals surface area contributed by atoms with E-state index in [0.717, 1.165) is 0 Å². The van der Waals surface area contributed by atoms with E-state index in [1.165, 1.54) is 0 Å². The molecule has 0 atom stereocenters. The minimum absolute atomic E-state index is 1.20. The van der Waals surface area contributed by atoms with Crippen molar-refractivity contribution in [1.29, 1.82) is 0 Å². The number of primary amides is 2. The lowest BCUT2D eigenvalue weighted by Crippen LogP contribution is -2.54. The Balaban J connectivity index is 4.99. The normalized spacial score (nSPS) is 10.6. The molecular formula is C3H4BrN3O4. The molecule has 0 fully saturated rings. The van der Waals surface area contributed by atoms with Crippen molar-refractivity contribution < 1.29 is 14.5 Å². The highest BCUT2D eigenvalue weighted by atomic mass is 79.9. The van der Waals surface area contributed by atoms with Crippen LogP contribution in [-0.4, -0.2) is 21.2 Å². The van der Waals surface area contributed by atoms with Gasteiger partial charge in [-0.15, -0.1) is 0 Å². The molecule has 0 aromatic carbocycles. The van der Waals surface area contributed by atoms with Gasteiger partial charge in [-0.25, -0.2) is 0 Å². The van der Waals surface area contributed by atoms with Gasteiger partial charge in [0.25, 0.3) is 0 Å². The van der Waals surface area contributed by atoms with Crippen molar-refractivity contribution in [2.75, 3.05) is 0 Å². The van der Waals surface area contributed by atoms with E-state index < -0.39 is 21.2 Å². The van der Waals surface area contributed by atoms with Crippen molar-refractivity contribution >= 4 is 27.7 Å². The fraction of sp³-hybridized carbons (Fsp3) is 0.333. The van der Waals surface area contributed by atoms with Gasteiger partial charge in [0.05, 0.1) is 4.92 Å². The van der Waals surface area contributed by atoms with Crippen molar-refractivity contribution in [3.8, 4) is 0 Å². The SMILES string of the molecule is NC(=O)C(Br)(C(N)=O)[N+](=O)[O-]. The lowest BCUT2D eigenvalue weighted by Gasteiger charge is -2.09. The van der Waals surface area contributed by atoms with Crippen LogP contribution in [0.2, 0.25) is 0 Å². The van der Waals surface area contributed by atoms with E-state index in [0.29, 0.717) is 0 Å². The van der Waals surface area contributed by atoms with Gasteiger partial charge in [-0.2, -0.15) is 0 Å². The minimum Gasteiger partial charge on any atom is -0.362 e. The molecule has 7 nitrogen and oxygen atoms in total. The molecule has 0 aliphatic heterocycles. The number of alkyl halides is 1. The summed E-state index contributed by atoms with van der Waals surface area (Å²) in [5.41, 5.74) is 9.09. The molecular weight excluding hydrogens is 222 g/mol. The highest BCUT2D eigenvalue weighted by Gasteiger charge is 2.53. The minimum atomic E-state index is -2.69. The zero-order valence-electron chi connectivity index (χ0n) is 5.11. The molecule has 62 valence electrons. The average molecular weight is 226 g/mol. The quantitative estimate of drug-likeness (QED) is 0.196. The zero-order valence-corrected chi connectivity index (χ0v) is 6.70. The van der Waals surface area contributed by atoms with E-state index in [9.17, 15) is 19.7 Å². The second-order valence-electron chi connectivity index (χ2n) is 1.61. The van der Waals surface area contributed by atoms with E-state index in [2.05, 4.69) is 27.4 Å². The van der Waals surface area contributed by atoms with Crippen LogP contribution < -0.4 is 11.5 Å². The van der Waals surface area contributed by atoms with E-state index in [1.807, 2.05) is 0 Å². The Labute approximate surface area is 69.0 Å². The monoisotopic (exact) mass is 225 g/mol. The number of carbonyl (C=O) groups excluding carboxylic acids is 2. The highest BCUT2D eigenvalue weighted by Crippen LogP contribution is 2.16. The summed E-state index contributed by atoms with van der Waals surface area (Å²) in [5.74, 6) is -2.90. The number of hydrogen-bond acceptors (Lipinski definition) is 4. The van der Waals surface area contributed by atoms with Crippen LogP contribution in [0.1, 0.15) is 0 Å². The van der Waals surface area contributed by atoms with Crippen LogP contribution in [0.4, 0.5) is 0 Å². The Hall–Kier alpha value is -1.18. The smallest absolute Gasteiger partial charge is 0.362 e. The second kappa shape index (κ2) is 2.82. The Kier molecular flexibility index (Phi) is 2.52. The third-order valence-corrected chi connectivity index (χ3v) is 1.98. The van der Waals surface area contributed by atoms with Gasteiger partial charge in [0, 0.05) is 15.9 Å². The van der Waals surface area contributed by atoms with Crippen LogP contribution in [0.15, 0.2) is 0 Å². The highest BCUT2D eigenvalue weighted by molar-refractivity contribution is 9.10. The number of carbonyl (C=O) groups is 2. The predicted octanol–water partition coefficient (Wildman–Crippen LogP) is -1.68. The van der Waals surface area contributed by atoms with Gasteiger partial charge in [-0.05, 0) is 0 Å². The largest absolute Gasteiger partial charge is 0.426 e. The molecule has 0 rings (SSSR count). The zero-order chi connectivity index (χ0) is 9.23. The maximum Gasteiger partial charge on any atom is 0.426 e. The van der Waals surface area contributed by atoms with Crippen molar-refractivity contribution in [2.24, 2.45) is 11.5 Å². The number of nitrogens with two attached hydrogens (primary N) is 2. The number of amides is 2.